The van der Waals surface area contributed by atoms with Gasteiger partial charge in [0.2, 0.25) is 0 Å². The Balaban J connectivity index is 1.45. The third kappa shape index (κ3) is 6.14. The maximum atomic E-state index is 12.2. The van der Waals surface area contributed by atoms with Gasteiger partial charge in [0.1, 0.15) is 5.76 Å². The fourth-order valence-corrected chi connectivity index (χ4v) is 4.53. The van der Waals surface area contributed by atoms with Crippen LogP contribution in [0.2, 0.25) is 0 Å². The van der Waals surface area contributed by atoms with Crippen molar-refractivity contribution in [3.63, 3.8) is 0 Å². The summed E-state index contributed by atoms with van der Waals surface area (Å²) in [7, 11) is 0. The van der Waals surface area contributed by atoms with Gasteiger partial charge in [-0.05, 0) is 44.2 Å². The Morgan fingerprint density at radius 1 is 1.19 bits per heavy atom. The first-order valence-electron chi connectivity index (χ1n) is 9.83. The third-order valence-corrected chi connectivity index (χ3v) is 6.08. The van der Waals surface area contributed by atoms with Gasteiger partial charge in [0, 0.05) is 37.7 Å². The average Bonchev–Trinajstić information content (AvgIpc) is 3.24. The van der Waals surface area contributed by atoms with E-state index in [0.717, 1.165) is 49.6 Å². The Labute approximate surface area is 165 Å². The minimum atomic E-state index is -0.574. The van der Waals surface area contributed by atoms with Gasteiger partial charge in [-0.3, -0.25) is 14.5 Å². The second-order valence-electron chi connectivity index (χ2n) is 7.00. The summed E-state index contributed by atoms with van der Waals surface area (Å²) in [6.45, 7) is 2.79. The molecular formula is C20H29N3O3S. The van der Waals surface area contributed by atoms with Crippen molar-refractivity contribution in [2.45, 2.75) is 38.1 Å². The van der Waals surface area contributed by atoms with Crippen molar-refractivity contribution >= 4 is 23.6 Å². The monoisotopic (exact) mass is 391 g/mol. The number of carbonyl (C=O) groups is 2. The highest BCUT2D eigenvalue weighted by Crippen LogP contribution is 2.24. The van der Waals surface area contributed by atoms with Crippen LogP contribution in [0.5, 0.6) is 0 Å². The number of nitrogens with zero attached hydrogens (tertiary/aromatic N) is 1. The molecule has 1 aliphatic carbocycles. The molecule has 1 aromatic rings. The molecule has 2 heterocycles. The van der Waals surface area contributed by atoms with Crippen LogP contribution in [0.25, 0.3) is 0 Å². The van der Waals surface area contributed by atoms with Gasteiger partial charge in [-0.1, -0.05) is 11.6 Å². The van der Waals surface area contributed by atoms with E-state index in [4.69, 9.17) is 4.42 Å². The van der Waals surface area contributed by atoms with Gasteiger partial charge in [-0.2, -0.15) is 11.8 Å². The molecular weight excluding hydrogens is 362 g/mol. The van der Waals surface area contributed by atoms with Crippen molar-refractivity contribution in [2.24, 2.45) is 0 Å². The number of carbonyl (C=O) groups excluding carboxylic acids is 2. The summed E-state index contributed by atoms with van der Waals surface area (Å²) in [4.78, 5) is 26.6. The summed E-state index contributed by atoms with van der Waals surface area (Å²) in [6, 6.07) is 3.75. The summed E-state index contributed by atoms with van der Waals surface area (Å²) < 4.78 is 5.57. The molecule has 1 aliphatic heterocycles. The smallest absolute Gasteiger partial charge is 0.309 e. The quantitative estimate of drug-likeness (QED) is 0.552. The van der Waals surface area contributed by atoms with Gasteiger partial charge >= 0.3 is 11.8 Å². The molecule has 0 spiro atoms. The topological polar surface area (TPSA) is 74.6 Å². The first kappa shape index (κ1) is 20.0. The molecule has 6 nitrogen and oxygen atoms in total. The van der Waals surface area contributed by atoms with Gasteiger partial charge in [0.05, 0.1) is 12.3 Å². The number of rotatable bonds is 7. The van der Waals surface area contributed by atoms with E-state index in [0.29, 0.717) is 13.1 Å². The Bertz CT molecular complexity index is 639. The Hall–Kier alpha value is -1.73. The van der Waals surface area contributed by atoms with Gasteiger partial charge in [-0.25, -0.2) is 0 Å². The normalized spacial score (nSPS) is 19.2. The van der Waals surface area contributed by atoms with E-state index < -0.39 is 11.8 Å². The Kier molecular flexibility index (Phi) is 7.83. The molecule has 3 rings (SSSR count). The second-order valence-corrected chi connectivity index (χ2v) is 8.23. The molecule has 1 saturated heterocycles. The minimum absolute atomic E-state index is 0.0370. The number of furan rings is 1. The highest BCUT2D eigenvalue weighted by molar-refractivity contribution is 7.99. The van der Waals surface area contributed by atoms with Crippen LogP contribution < -0.4 is 10.6 Å². The van der Waals surface area contributed by atoms with Crippen LogP contribution in [-0.4, -0.2) is 54.4 Å². The number of allylic oxidation sites excluding steroid dienone is 1. The predicted octanol–water partition coefficient (Wildman–Crippen LogP) is 2.49. The van der Waals surface area contributed by atoms with Crippen LogP contribution >= 0.6 is 11.8 Å². The molecule has 1 atom stereocenters. The van der Waals surface area contributed by atoms with Gasteiger partial charge < -0.3 is 15.1 Å². The largest absolute Gasteiger partial charge is 0.468 e. The summed E-state index contributed by atoms with van der Waals surface area (Å²) in [5, 5.41) is 5.52. The molecule has 1 aromatic heterocycles. The van der Waals surface area contributed by atoms with Crippen LogP contribution in [0.4, 0.5) is 0 Å². The molecule has 7 heteroatoms. The lowest BCUT2D eigenvalue weighted by molar-refractivity contribution is -0.139. The van der Waals surface area contributed by atoms with Gasteiger partial charge in [0.15, 0.2) is 0 Å². The molecule has 0 bridgehead atoms. The van der Waals surface area contributed by atoms with Crippen molar-refractivity contribution < 1.29 is 14.0 Å². The molecule has 2 amide bonds. The lowest BCUT2D eigenvalue weighted by Crippen LogP contribution is -2.45. The zero-order valence-corrected chi connectivity index (χ0v) is 16.6. The molecule has 148 valence electrons. The second kappa shape index (κ2) is 10.6. The number of nitrogens with one attached hydrogen (secondary N) is 2. The number of thioether (sulfide) groups is 1. The minimum Gasteiger partial charge on any atom is -0.468 e. The lowest BCUT2D eigenvalue weighted by atomic mass is 9.97. The molecule has 0 radical (unpaired) electrons. The van der Waals surface area contributed by atoms with Crippen LogP contribution in [0, 0.1) is 0 Å². The Morgan fingerprint density at radius 2 is 2.00 bits per heavy atom. The van der Waals surface area contributed by atoms with Crippen LogP contribution in [0.15, 0.2) is 34.5 Å². The summed E-state index contributed by atoms with van der Waals surface area (Å²) >= 11 is 1.94. The zero-order chi connectivity index (χ0) is 18.9. The van der Waals surface area contributed by atoms with Crippen LogP contribution in [0.1, 0.15) is 43.9 Å². The summed E-state index contributed by atoms with van der Waals surface area (Å²) in [6.07, 6.45) is 9.47. The molecule has 1 fully saturated rings. The van der Waals surface area contributed by atoms with E-state index in [-0.39, 0.29) is 6.04 Å². The van der Waals surface area contributed by atoms with Gasteiger partial charge in [-0.15, -0.1) is 0 Å². The fraction of sp³-hybridized carbons (Fsp3) is 0.600. The molecule has 2 aliphatic rings. The highest BCUT2D eigenvalue weighted by atomic mass is 32.2. The van der Waals surface area contributed by atoms with Crippen molar-refractivity contribution in [2.75, 3.05) is 37.7 Å². The molecule has 27 heavy (non-hydrogen) atoms. The molecule has 0 aromatic carbocycles. The highest BCUT2D eigenvalue weighted by Gasteiger charge is 2.26. The molecule has 1 unspecified atom stereocenters. The lowest BCUT2D eigenvalue weighted by Gasteiger charge is -2.33. The fourth-order valence-electron chi connectivity index (χ4n) is 3.60. The number of hydrogen-bond donors (Lipinski definition) is 2. The maximum absolute atomic E-state index is 12.2. The number of hydrogen-bond acceptors (Lipinski definition) is 5. The first-order chi connectivity index (χ1) is 13.2. The maximum Gasteiger partial charge on any atom is 0.309 e. The zero-order valence-electron chi connectivity index (χ0n) is 15.7. The van der Waals surface area contributed by atoms with Crippen molar-refractivity contribution in [1.29, 1.82) is 0 Å². The van der Waals surface area contributed by atoms with E-state index in [1.54, 1.807) is 6.26 Å². The average molecular weight is 392 g/mol. The summed E-state index contributed by atoms with van der Waals surface area (Å²) in [5.74, 6) is 1.84. The van der Waals surface area contributed by atoms with E-state index >= 15 is 0 Å². The third-order valence-electron chi connectivity index (χ3n) is 5.14. The SMILES string of the molecule is O=C(NCCC1=CCCCC1)C(=O)NCC(c1ccco1)N1CCSCC1. The number of amides is 2. The van der Waals surface area contributed by atoms with Crippen molar-refractivity contribution in [3.8, 4) is 0 Å². The van der Waals surface area contributed by atoms with E-state index in [1.807, 2.05) is 23.9 Å². The van der Waals surface area contributed by atoms with Gasteiger partial charge in [0.25, 0.3) is 0 Å². The first-order valence-corrected chi connectivity index (χ1v) is 11.0. The van der Waals surface area contributed by atoms with Crippen molar-refractivity contribution in [3.05, 3.63) is 35.8 Å². The Morgan fingerprint density at radius 3 is 2.70 bits per heavy atom. The van der Waals surface area contributed by atoms with E-state index in [2.05, 4.69) is 21.6 Å². The molecule has 0 saturated carbocycles. The van der Waals surface area contributed by atoms with E-state index in [9.17, 15) is 9.59 Å². The molecule has 2 N–H and O–H groups in total. The van der Waals surface area contributed by atoms with Crippen LogP contribution in [-0.2, 0) is 9.59 Å². The van der Waals surface area contributed by atoms with Crippen molar-refractivity contribution in [1.82, 2.24) is 15.5 Å². The van der Waals surface area contributed by atoms with Crippen LogP contribution in [0.3, 0.4) is 0 Å². The van der Waals surface area contributed by atoms with E-state index in [1.165, 1.54) is 18.4 Å². The predicted molar refractivity (Wildman–Crippen MR) is 108 cm³/mol. The summed E-state index contributed by atoms with van der Waals surface area (Å²) in [5.41, 5.74) is 1.39. The standard InChI is InChI=1S/C20H29N3O3S/c24-19(21-9-8-16-5-2-1-3-6-16)20(25)22-15-17(18-7-4-12-26-18)23-10-13-27-14-11-23/h4-5,7,12,17H,1-3,6,8-11,13-15H2,(H,21,24)(H,22,25).